The Hall–Kier alpha value is -1.64. The lowest BCUT2D eigenvalue weighted by atomic mass is 10.0. The molecule has 0 aliphatic heterocycles. The number of hydrogen-bond acceptors (Lipinski definition) is 2. The molecular weight excluding hydrogens is 272 g/mol. The molecule has 22 heavy (non-hydrogen) atoms. The highest BCUT2D eigenvalue weighted by atomic mass is 16.2. The first-order chi connectivity index (χ1) is 10.6. The Labute approximate surface area is 135 Å². The van der Waals surface area contributed by atoms with Crippen LogP contribution in [0.15, 0.2) is 29.4 Å². The van der Waals surface area contributed by atoms with Gasteiger partial charge < -0.3 is 0 Å². The predicted molar refractivity (Wildman–Crippen MR) is 94.3 cm³/mol. The first-order valence-electron chi connectivity index (χ1n) is 8.55. The fourth-order valence-corrected chi connectivity index (χ4v) is 2.27. The topological polar surface area (TPSA) is 41.5 Å². The van der Waals surface area contributed by atoms with Gasteiger partial charge in [0.05, 0.1) is 6.21 Å². The van der Waals surface area contributed by atoms with E-state index < -0.39 is 0 Å². The third-order valence-corrected chi connectivity index (χ3v) is 3.76. The second-order valence-corrected chi connectivity index (χ2v) is 6.13. The molecular formula is C19H30N2O. The van der Waals surface area contributed by atoms with Gasteiger partial charge in [-0.3, -0.25) is 4.79 Å². The van der Waals surface area contributed by atoms with Crippen LogP contribution >= 0.6 is 0 Å². The van der Waals surface area contributed by atoms with Gasteiger partial charge in [-0.05, 0) is 23.5 Å². The van der Waals surface area contributed by atoms with Gasteiger partial charge in [0.2, 0.25) is 5.91 Å². The van der Waals surface area contributed by atoms with Crippen molar-refractivity contribution >= 4 is 12.1 Å². The Morgan fingerprint density at radius 3 is 2.36 bits per heavy atom. The number of carbonyl (C=O) groups is 1. The van der Waals surface area contributed by atoms with Crippen molar-refractivity contribution in [2.75, 3.05) is 0 Å². The van der Waals surface area contributed by atoms with Crippen LogP contribution in [0, 0.1) is 0 Å². The first kappa shape index (κ1) is 18.4. The van der Waals surface area contributed by atoms with Crippen molar-refractivity contribution in [3.8, 4) is 0 Å². The summed E-state index contributed by atoms with van der Waals surface area (Å²) in [6.45, 7) is 6.55. The van der Waals surface area contributed by atoms with Crippen LogP contribution in [0.3, 0.4) is 0 Å². The highest BCUT2D eigenvalue weighted by molar-refractivity contribution is 5.82. The normalized spacial score (nSPS) is 11.3. The molecule has 0 radical (unpaired) electrons. The number of unbranched alkanes of at least 4 members (excludes halogenated alkanes) is 5. The van der Waals surface area contributed by atoms with Gasteiger partial charge in [0.15, 0.2) is 0 Å². The highest BCUT2D eigenvalue weighted by Crippen LogP contribution is 2.13. The summed E-state index contributed by atoms with van der Waals surface area (Å²) in [7, 11) is 0. The SMILES string of the molecule is CCCCCCCCC(=O)NN=Cc1ccc(C(C)C)cc1. The lowest BCUT2D eigenvalue weighted by molar-refractivity contribution is -0.121. The summed E-state index contributed by atoms with van der Waals surface area (Å²) in [6.07, 6.45) is 9.41. The molecule has 1 amide bonds. The third-order valence-electron chi connectivity index (χ3n) is 3.76. The second-order valence-electron chi connectivity index (χ2n) is 6.13. The minimum absolute atomic E-state index is 0.00513. The Morgan fingerprint density at radius 2 is 1.73 bits per heavy atom. The molecule has 0 saturated heterocycles. The van der Waals surface area contributed by atoms with Gasteiger partial charge in [-0.2, -0.15) is 5.10 Å². The van der Waals surface area contributed by atoms with E-state index in [1.165, 1.54) is 31.2 Å². The average molecular weight is 302 g/mol. The highest BCUT2D eigenvalue weighted by Gasteiger charge is 2.00. The van der Waals surface area contributed by atoms with Crippen LogP contribution < -0.4 is 5.43 Å². The zero-order valence-corrected chi connectivity index (χ0v) is 14.3. The van der Waals surface area contributed by atoms with Gasteiger partial charge in [0, 0.05) is 6.42 Å². The summed E-state index contributed by atoms with van der Waals surface area (Å²) in [6, 6.07) is 8.26. The molecule has 3 nitrogen and oxygen atoms in total. The van der Waals surface area contributed by atoms with Crippen LogP contribution in [-0.2, 0) is 4.79 Å². The van der Waals surface area contributed by atoms with E-state index in [1.54, 1.807) is 6.21 Å². The van der Waals surface area contributed by atoms with E-state index in [-0.39, 0.29) is 5.91 Å². The van der Waals surface area contributed by atoms with Gasteiger partial charge >= 0.3 is 0 Å². The first-order valence-corrected chi connectivity index (χ1v) is 8.55. The van der Waals surface area contributed by atoms with E-state index in [2.05, 4.69) is 43.4 Å². The molecule has 0 unspecified atom stereocenters. The van der Waals surface area contributed by atoms with Crippen LogP contribution in [0.1, 0.15) is 82.8 Å². The summed E-state index contributed by atoms with van der Waals surface area (Å²) in [5, 5.41) is 4.02. The monoisotopic (exact) mass is 302 g/mol. The Kier molecular flexibility index (Phi) is 9.20. The lowest BCUT2D eigenvalue weighted by Gasteiger charge is -2.04. The molecule has 0 aromatic heterocycles. The number of rotatable bonds is 10. The molecule has 0 heterocycles. The maximum atomic E-state index is 11.6. The molecule has 0 bridgehead atoms. The van der Waals surface area contributed by atoms with Crippen molar-refractivity contribution in [1.82, 2.24) is 5.43 Å². The van der Waals surface area contributed by atoms with E-state index in [0.29, 0.717) is 12.3 Å². The van der Waals surface area contributed by atoms with Gasteiger partial charge in [0.1, 0.15) is 0 Å². The molecule has 3 heteroatoms. The number of hydrogen-bond donors (Lipinski definition) is 1. The van der Waals surface area contributed by atoms with Crippen molar-refractivity contribution in [3.63, 3.8) is 0 Å². The minimum atomic E-state index is 0.00513. The van der Waals surface area contributed by atoms with E-state index >= 15 is 0 Å². The van der Waals surface area contributed by atoms with Crippen LogP contribution in [0.5, 0.6) is 0 Å². The number of nitrogens with one attached hydrogen (secondary N) is 1. The standard InChI is InChI=1S/C19H30N2O/c1-4-5-6-7-8-9-10-19(22)21-20-15-17-11-13-18(14-12-17)16(2)3/h11-16H,4-10H2,1-3H3,(H,21,22). The molecule has 0 aliphatic carbocycles. The number of carbonyl (C=O) groups excluding carboxylic acids is 1. The zero-order valence-electron chi connectivity index (χ0n) is 14.3. The summed E-state index contributed by atoms with van der Waals surface area (Å²) < 4.78 is 0. The maximum absolute atomic E-state index is 11.6. The maximum Gasteiger partial charge on any atom is 0.240 e. The lowest BCUT2D eigenvalue weighted by Crippen LogP contribution is -2.16. The molecule has 1 aromatic rings. The van der Waals surface area contributed by atoms with E-state index in [4.69, 9.17) is 0 Å². The average Bonchev–Trinajstić information content (AvgIpc) is 2.51. The predicted octanol–water partition coefficient (Wildman–Crippen LogP) is 5.01. The fraction of sp³-hybridized carbons (Fsp3) is 0.579. The number of benzene rings is 1. The van der Waals surface area contributed by atoms with Crippen molar-refractivity contribution in [1.29, 1.82) is 0 Å². The summed E-state index contributed by atoms with van der Waals surface area (Å²) in [4.78, 5) is 11.6. The number of nitrogens with zero attached hydrogens (tertiary/aromatic N) is 1. The van der Waals surface area contributed by atoms with Gasteiger partial charge in [-0.25, -0.2) is 5.43 Å². The second kappa shape index (κ2) is 11.0. The van der Waals surface area contributed by atoms with Gasteiger partial charge in [-0.1, -0.05) is 77.1 Å². The summed E-state index contributed by atoms with van der Waals surface area (Å²) >= 11 is 0. The zero-order chi connectivity index (χ0) is 16.2. The van der Waals surface area contributed by atoms with Crippen LogP contribution in [0.2, 0.25) is 0 Å². The minimum Gasteiger partial charge on any atom is -0.273 e. The summed E-state index contributed by atoms with van der Waals surface area (Å²) in [5.41, 5.74) is 4.91. The Bertz CT molecular complexity index is 449. The Morgan fingerprint density at radius 1 is 1.09 bits per heavy atom. The molecule has 0 fully saturated rings. The largest absolute Gasteiger partial charge is 0.273 e. The van der Waals surface area contributed by atoms with Crippen molar-refractivity contribution < 1.29 is 4.79 Å². The van der Waals surface area contributed by atoms with Gasteiger partial charge in [0.25, 0.3) is 0 Å². The van der Waals surface area contributed by atoms with Crippen molar-refractivity contribution in [2.24, 2.45) is 5.10 Å². The van der Waals surface area contributed by atoms with Gasteiger partial charge in [-0.15, -0.1) is 0 Å². The number of amides is 1. The molecule has 0 spiro atoms. The molecule has 1 N–H and O–H groups in total. The molecule has 0 saturated carbocycles. The molecule has 1 aromatic carbocycles. The smallest absolute Gasteiger partial charge is 0.240 e. The summed E-state index contributed by atoms with van der Waals surface area (Å²) in [5.74, 6) is 0.536. The molecule has 1 rings (SSSR count). The number of hydrazone groups is 1. The van der Waals surface area contributed by atoms with E-state index in [1.807, 2.05) is 12.1 Å². The van der Waals surface area contributed by atoms with Crippen molar-refractivity contribution in [3.05, 3.63) is 35.4 Å². The van der Waals surface area contributed by atoms with E-state index in [9.17, 15) is 4.79 Å². The van der Waals surface area contributed by atoms with Crippen LogP contribution in [-0.4, -0.2) is 12.1 Å². The molecule has 0 atom stereocenters. The Balaban J connectivity index is 2.20. The van der Waals surface area contributed by atoms with Crippen LogP contribution in [0.25, 0.3) is 0 Å². The van der Waals surface area contributed by atoms with E-state index in [0.717, 1.165) is 18.4 Å². The van der Waals surface area contributed by atoms with Crippen molar-refractivity contribution in [2.45, 2.75) is 71.6 Å². The molecule has 122 valence electrons. The quantitative estimate of drug-likeness (QED) is 0.368. The third kappa shape index (κ3) is 7.96. The fourth-order valence-electron chi connectivity index (χ4n) is 2.27. The molecule has 0 aliphatic rings. The van der Waals surface area contributed by atoms with Crippen LogP contribution in [0.4, 0.5) is 0 Å².